The second kappa shape index (κ2) is 9.29. The fourth-order valence-electron chi connectivity index (χ4n) is 6.29. The predicted molar refractivity (Wildman–Crippen MR) is 150 cm³/mol. The zero-order valence-corrected chi connectivity index (χ0v) is 23.5. The van der Waals surface area contributed by atoms with Gasteiger partial charge in [-0.15, -0.1) is 0 Å². The van der Waals surface area contributed by atoms with Crippen LogP contribution < -0.4 is 19.5 Å². The first-order valence-electron chi connectivity index (χ1n) is 12.3. The first kappa shape index (κ1) is 25.7. The van der Waals surface area contributed by atoms with Crippen molar-refractivity contribution in [2.75, 3.05) is 40.2 Å². The van der Waals surface area contributed by atoms with Crippen molar-refractivity contribution in [2.24, 2.45) is 0 Å². The number of likely N-dealkylation sites (N-methyl/N-ethyl adjacent to an activating group) is 1. The van der Waals surface area contributed by atoms with Gasteiger partial charge in [-0.25, -0.2) is 0 Å². The molecule has 39 heavy (non-hydrogen) atoms. The highest BCUT2D eigenvalue weighted by atomic mass is 32.2. The third-order valence-corrected chi connectivity index (χ3v) is 9.93. The van der Waals surface area contributed by atoms with Gasteiger partial charge in [0.25, 0.3) is 5.91 Å². The molecule has 0 aliphatic carbocycles. The normalized spacial score (nSPS) is 26.0. The van der Waals surface area contributed by atoms with Crippen molar-refractivity contribution < 1.29 is 28.2 Å². The number of anilines is 1. The molecular weight excluding hydrogens is 538 g/mol. The number of carbonyl (C=O) groups excluding carboxylic acids is 2. The number of amides is 2. The highest BCUT2D eigenvalue weighted by Gasteiger charge is 2.77. The number of benzene rings is 2. The molecular formula is C28H27N3O6S2. The van der Waals surface area contributed by atoms with Crippen LogP contribution in [0.2, 0.25) is 0 Å². The number of rotatable bonds is 6. The Hall–Kier alpha value is -3.54. The molecule has 3 aliphatic heterocycles. The summed E-state index contributed by atoms with van der Waals surface area (Å²) in [5.74, 6) is 1.35. The van der Waals surface area contributed by atoms with Crippen LogP contribution in [0.15, 0.2) is 59.2 Å². The predicted octanol–water partition coefficient (Wildman–Crippen LogP) is 3.98. The molecule has 2 spiro atoms. The van der Waals surface area contributed by atoms with Gasteiger partial charge < -0.3 is 23.9 Å². The van der Waals surface area contributed by atoms with Crippen molar-refractivity contribution in [2.45, 2.75) is 22.7 Å². The summed E-state index contributed by atoms with van der Waals surface area (Å²) in [7, 11) is 6.60. The second-order valence-corrected chi connectivity index (χ2v) is 11.6. The number of nitrogens with one attached hydrogen (secondary N) is 1. The number of hydrogen-bond donors (Lipinski definition) is 1. The van der Waals surface area contributed by atoms with E-state index in [-0.39, 0.29) is 18.4 Å². The lowest BCUT2D eigenvalue weighted by atomic mass is 9.72. The van der Waals surface area contributed by atoms with Crippen molar-refractivity contribution in [1.82, 2.24) is 9.80 Å². The summed E-state index contributed by atoms with van der Waals surface area (Å²) in [4.78, 5) is 32.6. The molecule has 1 aromatic heterocycles. The minimum atomic E-state index is -1.36. The lowest BCUT2D eigenvalue weighted by Crippen LogP contribution is -2.61. The summed E-state index contributed by atoms with van der Waals surface area (Å²) in [5.41, 5.74) is 0.798. The molecule has 0 radical (unpaired) electrons. The van der Waals surface area contributed by atoms with Gasteiger partial charge in [0.05, 0.1) is 34.1 Å². The van der Waals surface area contributed by atoms with Crippen LogP contribution >= 0.6 is 24.0 Å². The lowest BCUT2D eigenvalue weighted by molar-refractivity contribution is -0.138. The SMILES string of the molecule is COc1ccc2c(c1)C1(C(=O)N2)N(C)CC(c2ccc(OC)c(OC)c2)C12SC(=S)N(Cc1ccco1)C2=O. The van der Waals surface area contributed by atoms with E-state index >= 15 is 0 Å². The topological polar surface area (TPSA) is 93.5 Å². The number of methoxy groups -OCH3 is 3. The number of carbonyl (C=O) groups is 2. The number of fused-ring (bicyclic) bond motifs is 3. The minimum Gasteiger partial charge on any atom is -0.497 e. The number of hydrogen-bond acceptors (Lipinski definition) is 9. The van der Waals surface area contributed by atoms with Crippen LogP contribution in [0.5, 0.6) is 17.2 Å². The fourth-order valence-corrected chi connectivity index (χ4v) is 8.42. The molecule has 2 aromatic carbocycles. The largest absolute Gasteiger partial charge is 0.497 e. The fraction of sp³-hybridized carbons (Fsp3) is 0.321. The third kappa shape index (κ3) is 3.39. The Bertz CT molecular complexity index is 1490. The van der Waals surface area contributed by atoms with Crippen molar-refractivity contribution >= 4 is 45.8 Å². The van der Waals surface area contributed by atoms with Crippen LogP contribution in [0.25, 0.3) is 0 Å². The van der Waals surface area contributed by atoms with Gasteiger partial charge in [0.15, 0.2) is 17.0 Å². The Kier molecular flexibility index (Phi) is 6.12. The average molecular weight is 566 g/mol. The maximum absolute atomic E-state index is 14.8. The minimum absolute atomic E-state index is 0.171. The molecule has 2 amide bonds. The Morgan fingerprint density at radius 1 is 1.08 bits per heavy atom. The Labute approximate surface area is 235 Å². The number of furan rings is 1. The number of thioether (sulfide) groups is 1. The molecule has 202 valence electrons. The summed E-state index contributed by atoms with van der Waals surface area (Å²) in [5, 5.41) is 3.04. The maximum atomic E-state index is 14.8. The molecule has 3 unspecified atom stereocenters. The number of likely N-dealkylation sites (tertiary alicyclic amines) is 1. The van der Waals surface area contributed by atoms with Gasteiger partial charge in [-0.05, 0) is 55.1 Å². The van der Waals surface area contributed by atoms with Crippen LogP contribution in [0.3, 0.4) is 0 Å². The van der Waals surface area contributed by atoms with Gasteiger partial charge in [-0.3, -0.25) is 19.4 Å². The number of nitrogens with zero attached hydrogens (tertiary/aromatic N) is 2. The molecule has 3 atom stereocenters. The summed E-state index contributed by atoms with van der Waals surface area (Å²) in [6, 6.07) is 14.6. The number of thiocarbonyl (C=S) groups is 1. The van der Waals surface area contributed by atoms with E-state index in [0.717, 1.165) is 5.56 Å². The van der Waals surface area contributed by atoms with Gasteiger partial charge >= 0.3 is 0 Å². The van der Waals surface area contributed by atoms with Crippen molar-refractivity contribution in [3.63, 3.8) is 0 Å². The van der Waals surface area contributed by atoms with Gasteiger partial charge in [0, 0.05) is 23.7 Å². The molecule has 0 bridgehead atoms. The summed E-state index contributed by atoms with van der Waals surface area (Å²) in [6.07, 6.45) is 1.56. The smallest absolute Gasteiger partial charge is 0.251 e. The van der Waals surface area contributed by atoms with Gasteiger partial charge in [0.1, 0.15) is 20.6 Å². The lowest BCUT2D eigenvalue weighted by Gasteiger charge is -2.41. The Balaban J connectivity index is 1.59. The van der Waals surface area contributed by atoms with Crippen LogP contribution in [-0.4, -0.2) is 65.6 Å². The van der Waals surface area contributed by atoms with Crippen LogP contribution in [-0.2, 0) is 21.7 Å². The second-order valence-electron chi connectivity index (χ2n) is 9.70. The monoisotopic (exact) mass is 565 g/mol. The first-order chi connectivity index (χ1) is 18.8. The van der Waals surface area contributed by atoms with Gasteiger partial charge in [0.2, 0.25) is 5.91 Å². The van der Waals surface area contributed by atoms with E-state index in [4.69, 9.17) is 30.8 Å². The van der Waals surface area contributed by atoms with E-state index < -0.39 is 16.2 Å². The van der Waals surface area contributed by atoms with E-state index in [0.29, 0.717) is 45.1 Å². The Morgan fingerprint density at radius 3 is 2.56 bits per heavy atom. The molecule has 3 aliphatic rings. The highest BCUT2D eigenvalue weighted by molar-refractivity contribution is 8.25. The molecule has 4 heterocycles. The van der Waals surface area contributed by atoms with Crippen LogP contribution in [0, 0.1) is 0 Å². The molecule has 2 saturated heterocycles. The molecule has 2 fully saturated rings. The molecule has 6 rings (SSSR count). The zero-order chi connectivity index (χ0) is 27.5. The van der Waals surface area contributed by atoms with Crippen molar-refractivity contribution in [1.29, 1.82) is 0 Å². The average Bonchev–Trinajstić information content (AvgIpc) is 3.68. The molecule has 3 aromatic rings. The molecule has 9 nitrogen and oxygen atoms in total. The van der Waals surface area contributed by atoms with E-state index in [1.807, 2.05) is 42.3 Å². The third-order valence-electron chi connectivity index (χ3n) is 7.99. The molecule has 11 heteroatoms. The van der Waals surface area contributed by atoms with Crippen LogP contribution in [0.4, 0.5) is 5.69 Å². The maximum Gasteiger partial charge on any atom is 0.251 e. The summed E-state index contributed by atoms with van der Waals surface area (Å²) in [6.45, 7) is 0.583. The quantitative estimate of drug-likeness (QED) is 0.446. The summed E-state index contributed by atoms with van der Waals surface area (Å²) >= 11 is 7.11. The standard InChI is InChI=1S/C28H27N3O6S2/c1-30-15-20(16-7-10-22(35-3)23(12-16)36-4)28(25(33)31(26(38)39-28)14-18-6-5-11-37-18)27(30)19-13-17(34-2)8-9-21(19)29-24(27)32/h5-13,20H,14-15H2,1-4H3,(H,29,32). The zero-order valence-electron chi connectivity index (χ0n) is 21.8. The van der Waals surface area contributed by atoms with E-state index in [9.17, 15) is 9.59 Å². The highest BCUT2D eigenvalue weighted by Crippen LogP contribution is 2.66. The van der Waals surface area contributed by atoms with E-state index in [2.05, 4.69) is 5.32 Å². The number of ether oxygens (including phenoxy) is 3. The van der Waals surface area contributed by atoms with Gasteiger partial charge in [-0.2, -0.15) is 0 Å². The van der Waals surface area contributed by atoms with E-state index in [1.165, 1.54) is 11.8 Å². The van der Waals surface area contributed by atoms with Crippen molar-refractivity contribution in [3.8, 4) is 17.2 Å². The van der Waals surface area contributed by atoms with Gasteiger partial charge in [-0.1, -0.05) is 30.0 Å². The molecule has 1 N–H and O–H groups in total. The molecule has 0 saturated carbocycles. The van der Waals surface area contributed by atoms with Crippen molar-refractivity contribution in [3.05, 3.63) is 71.7 Å². The van der Waals surface area contributed by atoms with E-state index in [1.54, 1.807) is 50.7 Å². The van der Waals surface area contributed by atoms with Crippen LogP contribution in [0.1, 0.15) is 22.8 Å². The Morgan fingerprint density at radius 2 is 1.87 bits per heavy atom. The summed E-state index contributed by atoms with van der Waals surface area (Å²) < 4.78 is 21.2. The first-order valence-corrected chi connectivity index (χ1v) is 13.5.